The van der Waals surface area contributed by atoms with Gasteiger partial charge < -0.3 is 19.2 Å². The summed E-state index contributed by atoms with van der Waals surface area (Å²) in [4.78, 5) is 21.1. The smallest absolute Gasteiger partial charge is 0.257 e. The molecule has 8 nitrogen and oxygen atoms in total. The van der Waals surface area contributed by atoms with E-state index in [9.17, 15) is 4.79 Å². The number of aromatic nitrogens is 2. The second kappa shape index (κ2) is 8.04. The molecule has 3 heterocycles. The van der Waals surface area contributed by atoms with E-state index in [1.54, 1.807) is 30.5 Å². The summed E-state index contributed by atoms with van der Waals surface area (Å²) in [5.41, 5.74) is 3.00. The number of carbonyl (C=O) groups is 1. The van der Waals surface area contributed by atoms with E-state index < -0.39 is 0 Å². The summed E-state index contributed by atoms with van der Waals surface area (Å²) in [6, 6.07) is 16.0. The van der Waals surface area contributed by atoms with Gasteiger partial charge in [-0.1, -0.05) is 6.07 Å². The number of nitrogens with zero attached hydrogens (tertiary/aromatic N) is 2. The van der Waals surface area contributed by atoms with Gasteiger partial charge in [0.2, 0.25) is 5.89 Å². The van der Waals surface area contributed by atoms with Crippen LogP contribution in [-0.4, -0.2) is 34.2 Å². The topological polar surface area (TPSA) is 98.5 Å². The highest BCUT2D eigenvalue weighted by Crippen LogP contribution is 2.30. The van der Waals surface area contributed by atoms with E-state index in [-0.39, 0.29) is 11.0 Å². The molecular weight excluding hydrogens is 416 g/mol. The quantitative estimate of drug-likeness (QED) is 0.472. The fourth-order valence-corrected chi connectivity index (χ4v) is 3.36. The Labute approximate surface area is 182 Å². The lowest BCUT2D eigenvalue weighted by molar-refractivity contribution is 0.0976. The summed E-state index contributed by atoms with van der Waals surface area (Å²) < 4.78 is 16.7. The first-order valence-electron chi connectivity index (χ1n) is 9.50. The number of ether oxygens (including phenoxy) is 2. The molecule has 5 rings (SSSR count). The first kappa shape index (κ1) is 19.0. The molecule has 31 heavy (non-hydrogen) atoms. The number of anilines is 1. The molecular formula is C22H16N4O4S. The van der Waals surface area contributed by atoms with Gasteiger partial charge in [0.25, 0.3) is 5.91 Å². The third-order valence-corrected chi connectivity index (χ3v) is 4.77. The van der Waals surface area contributed by atoms with E-state index in [2.05, 4.69) is 20.6 Å². The number of rotatable bonds is 3. The minimum absolute atomic E-state index is 0.163. The molecule has 154 valence electrons. The van der Waals surface area contributed by atoms with Crippen molar-refractivity contribution < 1.29 is 18.7 Å². The van der Waals surface area contributed by atoms with Gasteiger partial charge in [-0.05, 0) is 60.7 Å². The van der Waals surface area contributed by atoms with Crippen LogP contribution in [0, 0.1) is 0 Å². The summed E-state index contributed by atoms with van der Waals surface area (Å²) >= 11 is 5.30. The zero-order valence-corrected chi connectivity index (χ0v) is 16.9. The minimum atomic E-state index is -0.351. The van der Waals surface area contributed by atoms with Crippen molar-refractivity contribution in [3.05, 3.63) is 66.4 Å². The van der Waals surface area contributed by atoms with Gasteiger partial charge in [-0.2, -0.15) is 4.98 Å². The molecule has 2 aromatic heterocycles. The number of nitrogens with one attached hydrogen (secondary N) is 2. The van der Waals surface area contributed by atoms with Crippen LogP contribution in [0.5, 0.6) is 11.5 Å². The van der Waals surface area contributed by atoms with Crippen LogP contribution in [0.3, 0.4) is 0 Å². The van der Waals surface area contributed by atoms with E-state index in [0.29, 0.717) is 53.1 Å². The summed E-state index contributed by atoms with van der Waals surface area (Å²) in [5, 5.41) is 5.84. The normalized spacial score (nSPS) is 12.4. The lowest BCUT2D eigenvalue weighted by Gasteiger charge is -2.18. The van der Waals surface area contributed by atoms with Crippen molar-refractivity contribution in [1.29, 1.82) is 0 Å². The van der Waals surface area contributed by atoms with Crippen LogP contribution in [0.2, 0.25) is 0 Å². The van der Waals surface area contributed by atoms with Crippen molar-refractivity contribution in [3.8, 4) is 23.0 Å². The molecule has 9 heteroatoms. The highest BCUT2D eigenvalue weighted by atomic mass is 32.1. The summed E-state index contributed by atoms with van der Waals surface area (Å²) in [7, 11) is 0. The Hall–Kier alpha value is -3.98. The van der Waals surface area contributed by atoms with E-state index >= 15 is 0 Å². The molecule has 2 N–H and O–H groups in total. The second-order valence-corrected chi connectivity index (χ2v) is 7.10. The first-order valence-corrected chi connectivity index (χ1v) is 9.90. The minimum Gasteiger partial charge on any atom is -0.486 e. The SMILES string of the molecule is O=C(NC(=S)Nc1cccc(-c2nc3ncccc3o2)c1)c1ccc2c(c1)OCCO2. The third-order valence-electron chi connectivity index (χ3n) is 4.56. The van der Waals surface area contributed by atoms with Crippen LogP contribution in [0.1, 0.15) is 10.4 Å². The van der Waals surface area contributed by atoms with Crippen molar-refractivity contribution in [2.75, 3.05) is 18.5 Å². The molecule has 0 unspecified atom stereocenters. The molecule has 0 atom stereocenters. The summed E-state index contributed by atoms with van der Waals surface area (Å²) in [6.45, 7) is 0.941. The Balaban J connectivity index is 1.28. The molecule has 0 fully saturated rings. The molecule has 0 radical (unpaired) electrons. The highest BCUT2D eigenvalue weighted by molar-refractivity contribution is 7.80. The fraction of sp³-hybridized carbons (Fsp3) is 0.0909. The Morgan fingerprint density at radius 3 is 2.74 bits per heavy atom. The zero-order chi connectivity index (χ0) is 21.2. The van der Waals surface area contributed by atoms with Crippen molar-refractivity contribution in [1.82, 2.24) is 15.3 Å². The van der Waals surface area contributed by atoms with Crippen LogP contribution < -0.4 is 20.1 Å². The number of fused-ring (bicyclic) bond motifs is 2. The number of carbonyl (C=O) groups excluding carboxylic acids is 1. The molecule has 1 amide bonds. The predicted octanol–water partition coefficient (Wildman–Crippen LogP) is 3.79. The molecule has 0 aliphatic carbocycles. The Morgan fingerprint density at radius 1 is 1.00 bits per heavy atom. The van der Waals surface area contributed by atoms with Gasteiger partial charge in [0.05, 0.1) is 0 Å². The van der Waals surface area contributed by atoms with Crippen molar-refractivity contribution in [2.45, 2.75) is 0 Å². The van der Waals surface area contributed by atoms with Crippen LogP contribution in [0.15, 0.2) is 65.2 Å². The largest absolute Gasteiger partial charge is 0.486 e. The van der Waals surface area contributed by atoms with E-state index in [1.807, 2.05) is 30.3 Å². The van der Waals surface area contributed by atoms with Crippen LogP contribution in [0.4, 0.5) is 5.69 Å². The Morgan fingerprint density at radius 2 is 1.87 bits per heavy atom. The number of oxazole rings is 1. The molecule has 2 aromatic carbocycles. The Kier molecular flexibility index (Phi) is 4.93. The molecule has 0 saturated carbocycles. The van der Waals surface area contributed by atoms with Gasteiger partial charge >= 0.3 is 0 Å². The van der Waals surface area contributed by atoms with Gasteiger partial charge in [-0.15, -0.1) is 0 Å². The maximum Gasteiger partial charge on any atom is 0.257 e. The maximum atomic E-state index is 12.6. The van der Waals surface area contributed by atoms with E-state index in [1.165, 1.54) is 0 Å². The highest BCUT2D eigenvalue weighted by Gasteiger charge is 2.16. The average Bonchev–Trinajstić information content (AvgIpc) is 3.23. The standard InChI is InChI=1S/C22H16N4O4S/c27-20(13-6-7-16-18(12-13)29-10-9-28-16)26-22(31)24-15-4-1-3-14(11-15)21-25-19-17(30-21)5-2-8-23-19/h1-8,11-12H,9-10H2,(H2,24,26,27,31). The van der Waals surface area contributed by atoms with Crippen LogP contribution in [0.25, 0.3) is 22.7 Å². The number of amides is 1. The van der Waals surface area contributed by atoms with E-state index in [4.69, 9.17) is 26.1 Å². The maximum absolute atomic E-state index is 12.6. The lowest BCUT2D eigenvalue weighted by Crippen LogP contribution is -2.34. The molecule has 4 aromatic rings. The molecule has 1 aliphatic heterocycles. The summed E-state index contributed by atoms with van der Waals surface area (Å²) in [5.74, 6) is 1.26. The van der Waals surface area contributed by atoms with Gasteiger partial charge in [-0.25, -0.2) is 4.98 Å². The van der Waals surface area contributed by atoms with Gasteiger partial charge in [0.1, 0.15) is 13.2 Å². The average molecular weight is 432 g/mol. The van der Waals surface area contributed by atoms with Crippen molar-refractivity contribution in [3.63, 3.8) is 0 Å². The fourth-order valence-electron chi connectivity index (χ4n) is 3.14. The molecule has 1 aliphatic rings. The van der Waals surface area contributed by atoms with Gasteiger partial charge in [-0.3, -0.25) is 10.1 Å². The molecule has 0 saturated heterocycles. The molecule has 0 bridgehead atoms. The zero-order valence-electron chi connectivity index (χ0n) is 16.1. The van der Waals surface area contributed by atoms with Gasteiger partial charge in [0, 0.05) is 23.0 Å². The lowest BCUT2D eigenvalue weighted by atomic mass is 10.2. The van der Waals surface area contributed by atoms with Gasteiger partial charge in [0.15, 0.2) is 27.8 Å². The number of hydrogen-bond donors (Lipinski definition) is 2. The van der Waals surface area contributed by atoms with Crippen LogP contribution >= 0.6 is 12.2 Å². The third kappa shape index (κ3) is 4.03. The summed E-state index contributed by atoms with van der Waals surface area (Å²) in [6.07, 6.45) is 1.66. The molecule has 0 spiro atoms. The number of hydrogen-bond acceptors (Lipinski definition) is 7. The predicted molar refractivity (Wildman–Crippen MR) is 118 cm³/mol. The second-order valence-electron chi connectivity index (χ2n) is 6.69. The van der Waals surface area contributed by atoms with E-state index in [0.717, 1.165) is 5.56 Å². The van der Waals surface area contributed by atoms with Crippen molar-refractivity contribution in [2.24, 2.45) is 0 Å². The first-order chi connectivity index (χ1) is 15.2. The number of thiocarbonyl (C=S) groups is 1. The number of pyridine rings is 1. The van der Waals surface area contributed by atoms with Crippen molar-refractivity contribution >= 4 is 40.2 Å². The Bertz CT molecular complexity index is 1270. The van der Waals surface area contributed by atoms with Crippen LogP contribution in [-0.2, 0) is 0 Å². The monoisotopic (exact) mass is 432 g/mol. The number of benzene rings is 2.